The number of benzene rings is 1. The molecule has 0 atom stereocenters. The van der Waals surface area contributed by atoms with Gasteiger partial charge in [-0.25, -0.2) is 4.79 Å². The van der Waals surface area contributed by atoms with E-state index in [9.17, 15) is 14.4 Å². The highest BCUT2D eigenvalue weighted by atomic mass is 127. The monoisotopic (exact) mass is 442 g/mol. The number of carbonyl (C=O) groups excluding carboxylic acids is 3. The van der Waals surface area contributed by atoms with Crippen LogP contribution in [0, 0.1) is 3.57 Å². The summed E-state index contributed by atoms with van der Waals surface area (Å²) in [5.74, 6) is -0.384. The molecule has 1 aliphatic heterocycles. The Morgan fingerprint density at radius 3 is 2.54 bits per heavy atom. The van der Waals surface area contributed by atoms with E-state index in [1.165, 1.54) is 26.4 Å². The van der Waals surface area contributed by atoms with Crippen LogP contribution in [0.5, 0.6) is 11.5 Å². The first-order valence-corrected chi connectivity index (χ1v) is 7.92. The molecule has 24 heavy (non-hydrogen) atoms. The molecular weight excluding hydrogens is 427 g/mol. The maximum absolute atomic E-state index is 12.4. The number of barbiturate groups is 1. The Labute approximate surface area is 152 Å². The molecule has 0 unspecified atom stereocenters. The van der Waals surface area contributed by atoms with Crippen LogP contribution < -0.4 is 14.8 Å². The van der Waals surface area contributed by atoms with Gasteiger partial charge in [-0.1, -0.05) is 6.08 Å². The smallest absolute Gasteiger partial charge is 0.331 e. The average molecular weight is 442 g/mol. The van der Waals surface area contributed by atoms with Crippen LogP contribution in [-0.4, -0.2) is 43.5 Å². The summed E-state index contributed by atoms with van der Waals surface area (Å²) in [6, 6.07) is 2.62. The summed E-state index contributed by atoms with van der Waals surface area (Å²) in [6.45, 7) is 3.51. The summed E-state index contributed by atoms with van der Waals surface area (Å²) in [4.78, 5) is 37.0. The topological polar surface area (TPSA) is 84.9 Å². The minimum absolute atomic E-state index is 0.0127. The minimum atomic E-state index is -0.760. The Morgan fingerprint density at radius 1 is 1.25 bits per heavy atom. The normalized spacial score (nSPS) is 16.2. The van der Waals surface area contributed by atoms with Crippen LogP contribution in [0.2, 0.25) is 0 Å². The van der Waals surface area contributed by atoms with Crippen molar-refractivity contribution in [3.8, 4) is 11.5 Å². The molecule has 1 heterocycles. The van der Waals surface area contributed by atoms with Gasteiger partial charge in [0.2, 0.25) is 0 Å². The molecule has 1 aromatic carbocycles. The van der Waals surface area contributed by atoms with E-state index in [2.05, 4.69) is 34.5 Å². The van der Waals surface area contributed by atoms with Crippen LogP contribution in [0.1, 0.15) is 5.56 Å². The van der Waals surface area contributed by atoms with Crippen LogP contribution in [0.25, 0.3) is 6.08 Å². The number of amides is 4. The molecular formula is C16H15IN2O5. The van der Waals surface area contributed by atoms with Gasteiger partial charge in [-0.15, -0.1) is 6.58 Å². The van der Waals surface area contributed by atoms with Gasteiger partial charge in [-0.05, 0) is 46.4 Å². The van der Waals surface area contributed by atoms with Gasteiger partial charge in [0.15, 0.2) is 11.5 Å². The number of rotatable bonds is 5. The number of urea groups is 1. The van der Waals surface area contributed by atoms with Crippen LogP contribution in [0.3, 0.4) is 0 Å². The molecule has 2 rings (SSSR count). The Kier molecular flexibility index (Phi) is 5.60. The molecule has 0 radical (unpaired) electrons. The molecule has 1 fully saturated rings. The molecule has 126 valence electrons. The predicted molar refractivity (Wildman–Crippen MR) is 95.7 cm³/mol. The first kappa shape index (κ1) is 18.0. The zero-order chi connectivity index (χ0) is 17.9. The van der Waals surface area contributed by atoms with E-state index < -0.39 is 17.8 Å². The van der Waals surface area contributed by atoms with Crippen molar-refractivity contribution in [2.45, 2.75) is 0 Å². The summed E-state index contributed by atoms with van der Waals surface area (Å²) in [7, 11) is 3.02. The Hall–Kier alpha value is -2.36. The lowest BCUT2D eigenvalue weighted by molar-refractivity contribution is -0.129. The number of hydrogen-bond donors (Lipinski definition) is 1. The minimum Gasteiger partial charge on any atom is -0.493 e. The van der Waals surface area contributed by atoms with Crippen molar-refractivity contribution < 1.29 is 23.9 Å². The standard InChI is InChI=1S/C16H15IN2O5/c1-4-5-19-15(21)10(14(20)18-16(19)22)6-9-7-11(17)13(24-3)12(8-9)23-2/h4,6-8H,1,5H2,2-3H3,(H,18,20,22). The number of carbonyl (C=O) groups is 3. The van der Waals surface area contributed by atoms with Crippen molar-refractivity contribution in [2.24, 2.45) is 0 Å². The number of imide groups is 2. The van der Waals surface area contributed by atoms with Gasteiger partial charge in [0.1, 0.15) is 5.57 Å². The third-order valence-electron chi connectivity index (χ3n) is 3.26. The second-order valence-corrected chi connectivity index (χ2v) is 5.92. The maximum atomic E-state index is 12.4. The molecule has 0 spiro atoms. The summed E-state index contributed by atoms with van der Waals surface area (Å²) >= 11 is 2.06. The molecule has 8 heteroatoms. The molecule has 7 nitrogen and oxygen atoms in total. The van der Waals surface area contributed by atoms with Gasteiger partial charge in [-0.3, -0.25) is 19.8 Å². The van der Waals surface area contributed by atoms with E-state index in [-0.39, 0.29) is 12.1 Å². The fraction of sp³-hybridized carbons (Fsp3) is 0.188. The van der Waals surface area contributed by atoms with E-state index in [4.69, 9.17) is 9.47 Å². The van der Waals surface area contributed by atoms with Crippen molar-refractivity contribution in [2.75, 3.05) is 20.8 Å². The van der Waals surface area contributed by atoms with E-state index >= 15 is 0 Å². The Morgan fingerprint density at radius 2 is 1.96 bits per heavy atom. The highest BCUT2D eigenvalue weighted by molar-refractivity contribution is 14.1. The quantitative estimate of drug-likeness (QED) is 0.326. The molecule has 1 saturated heterocycles. The van der Waals surface area contributed by atoms with E-state index in [1.54, 1.807) is 12.1 Å². The number of halogens is 1. The molecule has 4 amide bonds. The Balaban J connectivity index is 2.47. The molecule has 1 aromatic rings. The van der Waals surface area contributed by atoms with Crippen molar-refractivity contribution in [3.05, 3.63) is 39.5 Å². The summed E-state index contributed by atoms with van der Waals surface area (Å²) in [5.41, 5.74) is 0.433. The van der Waals surface area contributed by atoms with Crippen LogP contribution in [-0.2, 0) is 9.59 Å². The van der Waals surface area contributed by atoms with Crippen molar-refractivity contribution in [1.82, 2.24) is 10.2 Å². The number of nitrogens with one attached hydrogen (secondary N) is 1. The number of nitrogens with zero attached hydrogens (tertiary/aromatic N) is 1. The lowest BCUT2D eigenvalue weighted by atomic mass is 10.1. The van der Waals surface area contributed by atoms with Crippen molar-refractivity contribution in [3.63, 3.8) is 0 Å². The van der Waals surface area contributed by atoms with Gasteiger partial charge in [0.05, 0.1) is 17.8 Å². The van der Waals surface area contributed by atoms with Crippen LogP contribution in [0.4, 0.5) is 4.79 Å². The first-order valence-electron chi connectivity index (χ1n) is 6.84. The van der Waals surface area contributed by atoms with E-state index in [0.29, 0.717) is 17.1 Å². The van der Waals surface area contributed by atoms with E-state index in [0.717, 1.165) is 8.47 Å². The lowest BCUT2D eigenvalue weighted by Gasteiger charge is -2.25. The second-order valence-electron chi connectivity index (χ2n) is 4.76. The molecule has 0 aliphatic carbocycles. The molecule has 0 saturated carbocycles. The van der Waals surface area contributed by atoms with E-state index in [1.807, 2.05) is 0 Å². The zero-order valence-electron chi connectivity index (χ0n) is 13.1. The largest absolute Gasteiger partial charge is 0.493 e. The predicted octanol–water partition coefficient (Wildman–Crippen LogP) is 1.96. The fourth-order valence-electron chi connectivity index (χ4n) is 2.18. The SMILES string of the molecule is C=CCN1C(=O)NC(=O)C(=Cc2cc(I)c(OC)c(OC)c2)C1=O. The third kappa shape index (κ3) is 3.42. The third-order valence-corrected chi connectivity index (χ3v) is 4.07. The summed E-state index contributed by atoms with van der Waals surface area (Å²) in [6.07, 6.45) is 2.81. The molecule has 1 N–H and O–H groups in total. The fourth-order valence-corrected chi connectivity index (χ4v) is 3.02. The molecule has 0 bridgehead atoms. The second kappa shape index (κ2) is 7.47. The van der Waals surface area contributed by atoms with Crippen molar-refractivity contribution >= 4 is 46.5 Å². The molecule has 1 aliphatic rings. The number of methoxy groups -OCH3 is 2. The zero-order valence-corrected chi connectivity index (χ0v) is 15.2. The highest BCUT2D eigenvalue weighted by Gasteiger charge is 2.34. The van der Waals surface area contributed by atoms with Gasteiger partial charge >= 0.3 is 6.03 Å². The van der Waals surface area contributed by atoms with Gasteiger partial charge < -0.3 is 9.47 Å². The van der Waals surface area contributed by atoms with Crippen LogP contribution in [0.15, 0.2) is 30.4 Å². The Bertz CT molecular complexity index is 757. The first-order chi connectivity index (χ1) is 11.4. The molecule has 0 aromatic heterocycles. The van der Waals surface area contributed by atoms with Gasteiger partial charge in [-0.2, -0.15) is 0 Å². The van der Waals surface area contributed by atoms with Crippen LogP contribution >= 0.6 is 22.6 Å². The maximum Gasteiger partial charge on any atom is 0.331 e. The number of hydrogen-bond acceptors (Lipinski definition) is 5. The average Bonchev–Trinajstić information content (AvgIpc) is 2.54. The van der Waals surface area contributed by atoms with Gasteiger partial charge in [0.25, 0.3) is 11.8 Å². The number of ether oxygens (including phenoxy) is 2. The summed E-state index contributed by atoms with van der Waals surface area (Å²) in [5, 5.41) is 2.13. The van der Waals surface area contributed by atoms with Crippen molar-refractivity contribution in [1.29, 1.82) is 0 Å². The van der Waals surface area contributed by atoms with Gasteiger partial charge in [0, 0.05) is 6.54 Å². The lowest BCUT2D eigenvalue weighted by Crippen LogP contribution is -2.54. The summed E-state index contributed by atoms with van der Waals surface area (Å²) < 4.78 is 11.3. The highest BCUT2D eigenvalue weighted by Crippen LogP contribution is 2.34.